The molecule has 0 aromatic heterocycles. The molecule has 0 bridgehead atoms. The Hall–Kier alpha value is -1.27. The summed E-state index contributed by atoms with van der Waals surface area (Å²) in [7, 11) is 1.56. The number of likely N-dealkylation sites (tertiary alicyclic amines) is 1. The Kier molecular flexibility index (Phi) is 5.47. The van der Waals surface area contributed by atoms with E-state index in [9.17, 15) is 4.79 Å². The van der Waals surface area contributed by atoms with Gasteiger partial charge in [0.1, 0.15) is 0 Å². The molecule has 1 aromatic carbocycles. The first-order chi connectivity index (χ1) is 10.1. The molecule has 0 saturated carbocycles. The van der Waals surface area contributed by atoms with Crippen LogP contribution in [-0.2, 0) is 0 Å². The van der Waals surface area contributed by atoms with Gasteiger partial charge in [-0.05, 0) is 47.8 Å². The largest absolute Gasteiger partial charge is 0.493 e. The highest BCUT2D eigenvalue weighted by atomic mass is 79.9. The van der Waals surface area contributed by atoms with E-state index >= 15 is 0 Å². The molecular weight excluding hydrogens is 336 g/mol. The maximum atomic E-state index is 12.6. The van der Waals surface area contributed by atoms with Gasteiger partial charge in [-0.1, -0.05) is 0 Å². The van der Waals surface area contributed by atoms with E-state index < -0.39 is 0 Å². The molecule has 1 aromatic rings. The zero-order chi connectivity index (χ0) is 15.4. The number of halogens is 1. The smallest absolute Gasteiger partial charge is 0.254 e. The maximum absolute atomic E-state index is 12.6. The number of nitrogens with zero attached hydrogens (tertiary/aromatic N) is 1. The van der Waals surface area contributed by atoms with Crippen molar-refractivity contribution in [3.63, 3.8) is 0 Å². The van der Waals surface area contributed by atoms with Gasteiger partial charge in [-0.15, -0.1) is 0 Å². The zero-order valence-corrected chi connectivity index (χ0v) is 14.0. The predicted octanol–water partition coefficient (Wildman–Crippen LogP) is 2.42. The summed E-state index contributed by atoms with van der Waals surface area (Å²) in [5, 5.41) is 0. The molecule has 1 aliphatic rings. The van der Waals surface area contributed by atoms with Crippen molar-refractivity contribution in [3.05, 3.63) is 22.2 Å². The SMILES string of the molecule is CCOc1c(Br)cc(C(=O)N2CCCC(N)C2)cc1OC. The molecule has 21 heavy (non-hydrogen) atoms. The van der Waals surface area contributed by atoms with Crippen molar-refractivity contribution in [1.82, 2.24) is 4.90 Å². The van der Waals surface area contributed by atoms with Crippen molar-refractivity contribution in [1.29, 1.82) is 0 Å². The fourth-order valence-corrected chi connectivity index (χ4v) is 3.06. The van der Waals surface area contributed by atoms with Crippen LogP contribution in [0.5, 0.6) is 11.5 Å². The van der Waals surface area contributed by atoms with Crippen molar-refractivity contribution in [2.24, 2.45) is 5.73 Å². The number of amides is 1. The first-order valence-corrected chi connectivity index (χ1v) is 7.91. The molecular formula is C15H21BrN2O3. The average molecular weight is 357 g/mol. The Morgan fingerprint density at radius 1 is 1.52 bits per heavy atom. The molecule has 1 amide bonds. The number of hydrogen-bond donors (Lipinski definition) is 1. The summed E-state index contributed by atoms with van der Waals surface area (Å²) >= 11 is 3.44. The highest BCUT2D eigenvalue weighted by Crippen LogP contribution is 2.37. The van der Waals surface area contributed by atoms with Crippen LogP contribution in [0.3, 0.4) is 0 Å². The molecule has 0 radical (unpaired) electrons. The monoisotopic (exact) mass is 356 g/mol. The van der Waals surface area contributed by atoms with Crippen LogP contribution in [0.25, 0.3) is 0 Å². The lowest BCUT2D eigenvalue weighted by Crippen LogP contribution is -2.45. The number of ether oxygens (including phenoxy) is 2. The fraction of sp³-hybridized carbons (Fsp3) is 0.533. The van der Waals surface area contributed by atoms with Crippen LogP contribution in [0.2, 0.25) is 0 Å². The summed E-state index contributed by atoms with van der Waals surface area (Å²) in [5.74, 6) is 1.15. The molecule has 0 spiro atoms. The summed E-state index contributed by atoms with van der Waals surface area (Å²) in [4.78, 5) is 14.4. The molecule has 116 valence electrons. The standard InChI is InChI=1S/C15H21BrN2O3/c1-3-21-14-12(16)7-10(8-13(14)20-2)15(19)18-6-4-5-11(17)9-18/h7-8,11H,3-6,9,17H2,1-2H3. The van der Waals surface area contributed by atoms with Crippen LogP contribution in [0.15, 0.2) is 16.6 Å². The summed E-state index contributed by atoms with van der Waals surface area (Å²) in [6, 6.07) is 3.56. The van der Waals surface area contributed by atoms with Crippen LogP contribution < -0.4 is 15.2 Å². The number of methoxy groups -OCH3 is 1. The van der Waals surface area contributed by atoms with Crippen LogP contribution in [0.1, 0.15) is 30.1 Å². The highest BCUT2D eigenvalue weighted by molar-refractivity contribution is 9.10. The van der Waals surface area contributed by atoms with Gasteiger partial charge in [-0.25, -0.2) is 0 Å². The van der Waals surface area contributed by atoms with Crippen molar-refractivity contribution in [3.8, 4) is 11.5 Å². The first-order valence-electron chi connectivity index (χ1n) is 7.12. The maximum Gasteiger partial charge on any atom is 0.254 e. The Balaban J connectivity index is 2.27. The molecule has 0 aliphatic carbocycles. The van der Waals surface area contributed by atoms with Crippen LogP contribution >= 0.6 is 15.9 Å². The molecule has 5 nitrogen and oxygen atoms in total. The molecule has 1 heterocycles. The molecule has 2 N–H and O–H groups in total. The molecule has 1 fully saturated rings. The summed E-state index contributed by atoms with van der Waals surface area (Å²) in [6.07, 6.45) is 1.92. The quantitative estimate of drug-likeness (QED) is 0.899. The fourth-order valence-electron chi connectivity index (χ4n) is 2.50. The van der Waals surface area contributed by atoms with Crippen LogP contribution in [0, 0.1) is 0 Å². The molecule has 1 unspecified atom stereocenters. The third kappa shape index (κ3) is 3.68. The van der Waals surface area contributed by atoms with Gasteiger partial charge in [0.05, 0.1) is 18.2 Å². The van der Waals surface area contributed by atoms with Gasteiger partial charge < -0.3 is 20.1 Å². The Morgan fingerprint density at radius 2 is 2.29 bits per heavy atom. The molecule has 1 aliphatic heterocycles. The minimum absolute atomic E-state index is 0.0211. The van der Waals surface area contributed by atoms with E-state index in [4.69, 9.17) is 15.2 Å². The molecule has 2 rings (SSSR count). The lowest BCUT2D eigenvalue weighted by molar-refractivity contribution is 0.0708. The minimum atomic E-state index is -0.0211. The molecule has 6 heteroatoms. The van der Waals surface area contributed by atoms with Gasteiger partial charge in [0.2, 0.25) is 0 Å². The van der Waals surface area contributed by atoms with E-state index in [-0.39, 0.29) is 11.9 Å². The van der Waals surface area contributed by atoms with E-state index in [1.54, 1.807) is 24.1 Å². The number of hydrogen-bond acceptors (Lipinski definition) is 4. The van der Waals surface area contributed by atoms with E-state index in [0.717, 1.165) is 19.4 Å². The Morgan fingerprint density at radius 3 is 2.90 bits per heavy atom. The zero-order valence-electron chi connectivity index (χ0n) is 12.4. The third-order valence-electron chi connectivity index (χ3n) is 3.51. The highest BCUT2D eigenvalue weighted by Gasteiger charge is 2.24. The lowest BCUT2D eigenvalue weighted by atomic mass is 10.1. The van der Waals surface area contributed by atoms with Crippen molar-refractivity contribution >= 4 is 21.8 Å². The first kappa shape index (κ1) is 16.1. The topological polar surface area (TPSA) is 64.8 Å². The number of piperidine rings is 1. The van der Waals surface area contributed by atoms with Gasteiger partial charge in [-0.2, -0.15) is 0 Å². The van der Waals surface area contributed by atoms with E-state index in [0.29, 0.717) is 34.7 Å². The normalized spacial score (nSPS) is 18.5. The Labute approximate surface area is 133 Å². The molecule has 1 atom stereocenters. The van der Waals surface area contributed by atoms with Gasteiger partial charge in [-0.3, -0.25) is 4.79 Å². The van der Waals surface area contributed by atoms with Gasteiger partial charge in [0, 0.05) is 24.7 Å². The third-order valence-corrected chi connectivity index (χ3v) is 4.10. The number of rotatable bonds is 4. The number of nitrogens with two attached hydrogens (primary N) is 1. The van der Waals surface area contributed by atoms with Gasteiger partial charge in [0.25, 0.3) is 5.91 Å². The second-order valence-electron chi connectivity index (χ2n) is 5.08. The summed E-state index contributed by atoms with van der Waals surface area (Å²) in [5.41, 5.74) is 6.52. The van der Waals surface area contributed by atoms with Crippen molar-refractivity contribution in [2.75, 3.05) is 26.8 Å². The van der Waals surface area contributed by atoms with Gasteiger partial charge in [0.15, 0.2) is 11.5 Å². The number of carbonyl (C=O) groups excluding carboxylic acids is 1. The van der Waals surface area contributed by atoms with Crippen LogP contribution in [0.4, 0.5) is 0 Å². The average Bonchev–Trinajstić information content (AvgIpc) is 2.48. The van der Waals surface area contributed by atoms with Gasteiger partial charge >= 0.3 is 0 Å². The van der Waals surface area contributed by atoms with E-state index in [2.05, 4.69) is 15.9 Å². The Bertz CT molecular complexity index is 522. The lowest BCUT2D eigenvalue weighted by Gasteiger charge is -2.31. The van der Waals surface area contributed by atoms with E-state index in [1.807, 2.05) is 6.92 Å². The second-order valence-corrected chi connectivity index (χ2v) is 5.93. The predicted molar refractivity (Wildman–Crippen MR) is 85.0 cm³/mol. The number of carbonyl (C=O) groups is 1. The summed E-state index contributed by atoms with van der Waals surface area (Å²) in [6.45, 7) is 3.79. The van der Waals surface area contributed by atoms with Crippen molar-refractivity contribution in [2.45, 2.75) is 25.8 Å². The number of benzene rings is 1. The molecule has 1 saturated heterocycles. The second kappa shape index (κ2) is 7.13. The van der Waals surface area contributed by atoms with E-state index in [1.165, 1.54) is 0 Å². The minimum Gasteiger partial charge on any atom is -0.493 e. The van der Waals surface area contributed by atoms with Crippen LogP contribution in [-0.4, -0.2) is 43.7 Å². The van der Waals surface area contributed by atoms with Crippen molar-refractivity contribution < 1.29 is 14.3 Å². The summed E-state index contributed by atoms with van der Waals surface area (Å²) < 4.78 is 11.6.